The zero-order valence-electron chi connectivity index (χ0n) is 7.52. The van der Waals surface area contributed by atoms with Gasteiger partial charge in [-0.3, -0.25) is 0 Å². The van der Waals surface area contributed by atoms with Crippen LogP contribution < -0.4 is 5.32 Å². The second-order valence-electron chi connectivity index (χ2n) is 3.59. The molecule has 1 aliphatic heterocycles. The van der Waals surface area contributed by atoms with Gasteiger partial charge in [-0.2, -0.15) is 0 Å². The van der Waals surface area contributed by atoms with Gasteiger partial charge in [0.15, 0.2) is 0 Å². The number of morpholine rings is 1. The van der Waals surface area contributed by atoms with Crippen molar-refractivity contribution in [2.24, 2.45) is 0 Å². The Bertz CT molecular complexity index is 123. The zero-order chi connectivity index (χ0) is 8.32. The number of ether oxygens (including phenoxy) is 2. The molecule has 3 nitrogen and oxygen atoms in total. The van der Waals surface area contributed by atoms with Crippen LogP contribution in [0.2, 0.25) is 0 Å². The highest BCUT2D eigenvalue weighted by molar-refractivity contribution is 4.80. The standard InChI is InChI=1S/C8H17NO2/c1-8(2)6-9-4-7(11-8)5-10-3/h7,9H,4-6H2,1-3H3/t7-/m1/s1. The maximum Gasteiger partial charge on any atom is 0.0940 e. The molecule has 0 aromatic heterocycles. The monoisotopic (exact) mass is 159 g/mol. The van der Waals surface area contributed by atoms with Crippen LogP contribution in [-0.4, -0.2) is 38.5 Å². The summed E-state index contributed by atoms with van der Waals surface area (Å²) in [5.41, 5.74) is -0.0402. The molecule has 1 N–H and O–H groups in total. The maximum absolute atomic E-state index is 5.73. The van der Waals surface area contributed by atoms with E-state index in [1.807, 2.05) is 0 Å². The van der Waals surface area contributed by atoms with Crippen molar-refractivity contribution in [1.29, 1.82) is 0 Å². The van der Waals surface area contributed by atoms with Gasteiger partial charge in [0.1, 0.15) is 0 Å². The molecule has 1 saturated heterocycles. The third kappa shape index (κ3) is 2.77. The summed E-state index contributed by atoms with van der Waals surface area (Å²) < 4.78 is 10.7. The molecule has 1 fully saturated rings. The molecule has 0 saturated carbocycles. The van der Waals surface area contributed by atoms with Crippen LogP contribution in [0.25, 0.3) is 0 Å². The van der Waals surface area contributed by atoms with E-state index in [9.17, 15) is 0 Å². The first-order chi connectivity index (χ1) is 5.14. The van der Waals surface area contributed by atoms with Crippen LogP contribution >= 0.6 is 0 Å². The third-order valence-corrected chi connectivity index (χ3v) is 1.76. The molecular formula is C8H17NO2. The average molecular weight is 159 g/mol. The van der Waals surface area contributed by atoms with Gasteiger partial charge in [0.25, 0.3) is 0 Å². The van der Waals surface area contributed by atoms with E-state index < -0.39 is 0 Å². The fourth-order valence-electron chi connectivity index (χ4n) is 1.35. The van der Waals surface area contributed by atoms with Crippen LogP contribution in [0.4, 0.5) is 0 Å². The maximum atomic E-state index is 5.73. The number of rotatable bonds is 2. The van der Waals surface area contributed by atoms with E-state index in [4.69, 9.17) is 9.47 Å². The van der Waals surface area contributed by atoms with E-state index in [0.29, 0.717) is 6.61 Å². The predicted molar refractivity (Wildman–Crippen MR) is 43.7 cm³/mol. The molecule has 1 aliphatic rings. The molecule has 0 bridgehead atoms. The van der Waals surface area contributed by atoms with Crippen molar-refractivity contribution in [2.45, 2.75) is 25.6 Å². The van der Waals surface area contributed by atoms with Crippen LogP contribution in [0.15, 0.2) is 0 Å². The molecule has 66 valence electrons. The highest BCUT2D eigenvalue weighted by atomic mass is 16.5. The van der Waals surface area contributed by atoms with Gasteiger partial charge in [-0.25, -0.2) is 0 Å². The second kappa shape index (κ2) is 3.52. The van der Waals surface area contributed by atoms with Gasteiger partial charge in [-0.15, -0.1) is 0 Å². The van der Waals surface area contributed by atoms with Gasteiger partial charge in [0, 0.05) is 20.2 Å². The Morgan fingerprint density at radius 2 is 2.36 bits per heavy atom. The molecule has 3 heteroatoms. The number of hydrogen-bond acceptors (Lipinski definition) is 3. The Labute approximate surface area is 68.1 Å². The normalized spacial score (nSPS) is 30.3. The smallest absolute Gasteiger partial charge is 0.0940 e. The number of nitrogens with one attached hydrogen (secondary N) is 1. The van der Waals surface area contributed by atoms with Crippen molar-refractivity contribution in [3.63, 3.8) is 0 Å². The van der Waals surface area contributed by atoms with Gasteiger partial charge >= 0.3 is 0 Å². The summed E-state index contributed by atoms with van der Waals surface area (Å²) in [4.78, 5) is 0. The molecule has 0 aromatic carbocycles. The summed E-state index contributed by atoms with van der Waals surface area (Å²) >= 11 is 0. The number of hydrogen-bond donors (Lipinski definition) is 1. The largest absolute Gasteiger partial charge is 0.382 e. The van der Waals surface area contributed by atoms with E-state index in [-0.39, 0.29) is 11.7 Å². The Morgan fingerprint density at radius 1 is 1.64 bits per heavy atom. The minimum absolute atomic E-state index is 0.0402. The lowest BCUT2D eigenvalue weighted by molar-refractivity contribution is -0.115. The fraction of sp³-hybridized carbons (Fsp3) is 1.00. The molecule has 0 spiro atoms. The summed E-state index contributed by atoms with van der Waals surface area (Å²) in [6, 6.07) is 0. The van der Waals surface area contributed by atoms with Gasteiger partial charge in [0.2, 0.25) is 0 Å². The molecular weight excluding hydrogens is 142 g/mol. The minimum Gasteiger partial charge on any atom is -0.382 e. The lowest BCUT2D eigenvalue weighted by Gasteiger charge is -2.36. The molecule has 11 heavy (non-hydrogen) atoms. The second-order valence-corrected chi connectivity index (χ2v) is 3.59. The van der Waals surface area contributed by atoms with Crippen molar-refractivity contribution in [2.75, 3.05) is 26.8 Å². The summed E-state index contributed by atoms with van der Waals surface area (Å²) in [5, 5.41) is 3.30. The van der Waals surface area contributed by atoms with E-state index >= 15 is 0 Å². The van der Waals surface area contributed by atoms with Gasteiger partial charge < -0.3 is 14.8 Å². The first-order valence-corrected chi connectivity index (χ1v) is 4.01. The minimum atomic E-state index is -0.0402. The first-order valence-electron chi connectivity index (χ1n) is 4.01. The predicted octanol–water partition coefficient (Wildman–Crippen LogP) is 0.400. The molecule has 1 atom stereocenters. The Balaban J connectivity index is 2.34. The third-order valence-electron chi connectivity index (χ3n) is 1.76. The SMILES string of the molecule is COC[C@H]1CNCC(C)(C)O1. The molecule has 1 heterocycles. The van der Waals surface area contributed by atoms with Gasteiger partial charge in [-0.05, 0) is 13.8 Å². The van der Waals surface area contributed by atoms with E-state index in [1.165, 1.54) is 0 Å². The van der Waals surface area contributed by atoms with Crippen molar-refractivity contribution in [3.05, 3.63) is 0 Å². The summed E-state index contributed by atoms with van der Waals surface area (Å²) in [7, 11) is 1.70. The fourth-order valence-corrected chi connectivity index (χ4v) is 1.35. The van der Waals surface area contributed by atoms with Crippen LogP contribution in [0, 0.1) is 0 Å². The zero-order valence-corrected chi connectivity index (χ0v) is 7.52. The van der Waals surface area contributed by atoms with Gasteiger partial charge in [-0.1, -0.05) is 0 Å². The lowest BCUT2D eigenvalue weighted by atomic mass is 10.1. The highest BCUT2D eigenvalue weighted by Gasteiger charge is 2.27. The quantitative estimate of drug-likeness (QED) is 0.632. The molecule has 0 unspecified atom stereocenters. The van der Waals surface area contributed by atoms with Crippen molar-refractivity contribution in [1.82, 2.24) is 5.32 Å². The Morgan fingerprint density at radius 3 is 2.91 bits per heavy atom. The summed E-state index contributed by atoms with van der Waals surface area (Å²) in [5.74, 6) is 0. The summed E-state index contributed by atoms with van der Waals surface area (Å²) in [6.07, 6.45) is 0.212. The molecule has 0 aliphatic carbocycles. The van der Waals surface area contributed by atoms with Crippen LogP contribution in [0.3, 0.4) is 0 Å². The number of methoxy groups -OCH3 is 1. The van der Waals surface area contributed by atoms with Crippen molar-refractivity contribution in [3.8, 4) is 0 Å². The van der Waals surface area contributed by atoms with E-state index in [0.717, 1.165) is 13.1 Å². The van der Waals surface area contributed by atoms with Crippen LogP contribution in [0.1, 0.15) is 13.8 Å². The Kier molecular flexibility index (Phi) is 2.87. The summed E-state index contributed by atoms with van der Waals surface area (Å²) in [6.45, 7) is 6.67. The molecule has 0 aromatic rings. The van der Waals surface area contributed by atoms with Crippen LogP contribution in [0.5, 0.6) is 0 Å². The molecule has 0 radical (unpaired) electrons. The van der Waals surface area contributed by atoms with Crippen molar-refractivity contribution < 1.29 is 9.47 Å². The van der Waals surface area contributed by atoms with Gasteiger partial charge in [0.05, 0.1) is 18.3 Å². The lowest BCUT2D eigenvalue weighted by Crippen LogP contribution is -2.51. The van der Waals surface area contributed by atoms with Crippen molar-refractivity contribution >= 4 is 0 Å². The topological polar surface area (TPSA) is 30.5 Å². The average Bonchev–Trinajstić information content (AvgIpc) is 1.85. The molecule has 0 amide bonds. The van der Waals surface area contributed by atoms with E-state index in [1.54, 1.807) is 7.11 Å². The van der Waals surface area contributed by atoms with Crippen LogP contribution in [-0.2, 0) is 9.47 Å². The molecule has 1 rings (SSSR count). The first kappa shape index (κ1) is 8.97. The Hall–Kier alpha value is -0.120. The van der Waals surface area contributed by atoms with E-state index in [2.05, 4.69) is 19.2 Å². The highest BCUT2D eigenvalue weighted by Crippen LogP contribution is 2.14.